The maximum Gasteiger partial charge on any atom is 0.136 e. The summed E-state index contributed by atoms with van der Waals surface area (Å²) in [6.07, 6.45) is 1.78. The molecule has 0 aromatic carbocycles. The van der Waals surface area contributed by atoms with Crippen molar-refractivity contribution in [3.63, 3.8) is 0 Å². The van der Waals surface area contributed by atoms with E-state index in [0.29, 0.717) is 12.5 Å². The highest BCUT2D eigenvalue weighted by Gasteiger charge is 1.99. The Bertz CT molecular complexity index is 131. The second kappa shape index (κ2) is 2.17. The molecule has 0 fully saturated rings. The molecule has 0 unspecified atom stereocenters. The Morgan fingerprint density at radius 3 is 3.00 bits per heavy atom. The minimum atomic E-state index is 0.559. The van der Waals surface area contributed by atoms with Gasteiger partial charge in [0.05, 0.1) is 4.48 Å². The van der Waals surface area contributed by atoms with E-state index in [-0.39, 0.29) is 0 Å². The lowest BCUT2D eigenvalue weighted by molar-refractivity contribution is 0.869. The van der Waals surface area contributed by atoms with E-state index in [2.05, 4.69) is 26.2 Å². The Morgan fingerprint density at radius 2 is 2.62 bits per heavy atom. The predicted molar refractivity (Wildman–Crippen MR) is 36.6 cm³/mol. The highest BCUT2D eigenvalue weighted by Crippen LogP contribution is 2.04. The number of aliphatic imine (C=N–C) groups is 1. The van der Waals surface area contributed by atoms with Gasteiger partial charge in [-0.15, -0.1) is 0 Å². The first-order valence-electron chi connectivity index (χ1n) is 2.20. The first-order valence-corrected chi connectivity index (χ1v) is 2.99. The standard InChI is InChI=1S/C4H6BrN3/c5-3-1-7-2-8-4(3)6/h1,7H,2H2,(H2,6,8). The maximum atomic E-state index is 5.37. The van der Waals surface area contributed by atoms with E-state index in [0.717, 1.165) is 4.48 Å². The van der Waals surface area contributed by atoms with Crippen molar-refractivity contribution in [3.8, 4) is 0 Å². The molecule has 0 aromatic heterocycles. The van der Waals surface area contributed by atoms with Crippen LogP contribution >= 0.6 is 15.9 Å². The van der Waals surface area contributed by atoms with Crippen LogP contribution in [0, 0.1) is 0 Å². The van der Waals surface area contributed by atoms with Crippen LogP contribution in [0.5, 0.6) is 0 Å². The molecular formula is C4H6BrN3. The van der Waals surface area contributed by atoms with Crippen LogP contribution in [0.2, 0.25) is 0 Å². The second-order valence-electron chi connectivity index (χ2n) is 1.40. The summed E-state index contributed by atoms with van der Waals surface area (Å²) in [4.78, 5) is 3.88. The molecule has 8 heavy (non-hydrogen) atoms. The van der Waals surface area contributed by atoms with Crippen LogP contribution in [0.3, 0.4) is 0 Å². The van der Waals surface area contributed by atoms with Crippen LogP contribution < -0.4 is 11.1 Å². The van der Waals surface area contributed by atoms with Crippen LogP contribution in [-0.2, 0) is 0 Å². The first kappa shape index (κ1) is 5.62. The van der Waals surface area contributed by atoms with Crippen molar-refractivity contribution < 1.29 is 0 Å². The Morgan fingerprint density at radius 1 is 1.88 bits per heavy atom. The quantitative estimate of drug-likeness (QED) is 0.551. The highest BCUT2D eigenvalue weighted by atomic mass is 79.9. The summed E-state index contributed by atoms with van der Waals surface area (Å²) in [5.41, 5.74) is 5.37. The average molecular weight is 176 g/mol. The first-order chi connectivity index (χ1) is 3.80. The van der Waals surface area contributed by atoms with Crippen molar-refractivity contribution in [1.29, 1.82) is 0 Å². The summed E-state index contributed by atoms with van der Waals surface area (Å²) in [6.45, 7) is 0.584. The maximum absolute atomic E-state index is 5.37. The molecule has 1 aliphatic heterocycles. The zero-order valence-corrected chi connectivity index (χ0v) is 5.77. The Kier molecular flexibility index (Phi) is 1.53. The van der Waals surface area contributed by atoms with Gasteiger partial charge in [-0.3, -0.25) is 0 Å². The minimum absolute atomic E-state index is 0.559. The molecule has 0 radical (unpaired) electrons. The molecule has 0 aliphatic carbocycles. The normalized spacial score (nSPS) is 18.6. The zero-order chi connectivity index (χ0) is 5.98. The van der Waals surface area contributed by atoms with Crippen LogP contribution in [0.1, 0.15) is 0 Å². The van der Waals surface area contributed by atoms with Gasteiger partial charge in [-0.05, 0) is 15.9 Å². The molecule has 0 saturated carbocycles. The monoisotopic (exact) mass is 175 g/mol. The molecule has 1 rings (SSSR count). The van der Waals surface area contributed by atoms with Crippen molar-refractivity contribution in [1.82, 2.24) is 5.32 Å². The third-order valence-corrected chi connectivity index (χ3v) is 1.45. The van der Waals surface area contributed by atoms with Gasteiger partial charge in [-0.25, -0.2) is 4.99 Å². The summed E-state index contributed by atoms with van der Waals surface area (Å²) in [5, 5.41) is 2.89. The van der Waals surface area contributed by atoms with E-state index >= 15 is 0 Å². The van der Waals surface area contributed by atoms with Crippen LogP contribution in [0.4, 0.5) is 0 Å². The van der Waals surface area contributed by atoms with E-state index < -0.39 is 0 Å². The number of rotatable bonds is 0. The molecule has 0 aromatic rings. The lowest BCUT2D eigenvalue weighted by Gasteiger charge is -2.05. The molecule has 0 saturated heterocycles. The fourth-order valence-corrected chi connectivity index (χ4v) is 0.703. The van der Waals surface area contributed by atoms with E-state index in [9.17, 15) is 0 Å². The number of nitrogens with two attached hydrogens (primary N) is 1. The summed E-state index contributed by atoms with van der Waals surface area (Å²) < 4.78 is 0.823. The molecule has 3 N–H and O–H groups in total. The number of amidine groups is 1. The van der Waals surface area contributed by atoms with Crippen molar-refractivity contribution in [2.45, 2.75) is 0 Å². The highest BCUT2D eigenvalue weighted by molar-refractivity contribution is 9.12. The smallest absolute Gasteiger partial charge is 0.136 e. The summed E-state index contributed by atoms with van der Waals surface area (Å²) in [5.74, 6) is 0.559. The van der Waals surface area contributed by atoms with E-state index in [4.69, 9.17) is 5.73 Å². The van der Waals surface area contributed by atoms with E-state index in [1.54, 1.807) is 6.20 Å². The van der Waals surface area contributed by atoms with Gasteiger partial charge in [0.1, 0.15) is 12.5 Å². The second-order valence-corrected chi connectivity index (χ2v) is 2.25. The fourth-order valence-electron chi connectivity index (χ4n) is 0.416. The third kappa shape index (κ3) is 1.01. The number of hydrogen-bond acceptors (Lipinski definition) is 3. The topological polar surface area (TPSA) is 50.4 Å². The molecule has 1 heterocycles. The summed E-state index contributed by atoms with van der Waals surface area (Å²) >= 11 is 3.20. The average Bonchev–Trinajstić information content (AvgIpc) is 1.77. The Hall–Kier alpha value is -0.510. The third-order valence-electron chi connectivity index (χ3n) is 0.814. The van der Waals surface area contributed by atoms with Crippen molar-refractivity contribution in [2.75, 3.05) is 6.67 Å². The van der Waals surface area contributed by atoms with Crippen LogP contribution in [0.25, 0.3) is 0 Å². The number of hydrogen-bond donors (Lipinski definition) is 2. The van der Waals surface area contributed by atoms with Crippen LogP contribution in [-0.4, -0.2) is 12.5 Å². The van der Waals surface area contributed by atoms with Crippen molar-refractivity contribution in [3.05, 3.63) is 10.7 Å². The SMILES string of the molecule is NC1=NCNC=C1Br. The molecule has 0 spiro atoms. The van der Waals surface area contributed by atoms with Gasteiger partial charge in [0.2, 0.25) is 0 Å². The minimum Gasteiger partial charge on any atom is -0.383 e. The Balaban J connectivity index is 2.73. The zero-order valence-electron chi connectivity index (χ0n) is 4.19. The van der Waals surface area contributed by atoms with E-state index in [1.807, 2.05) is 0 Å². The fraction of sp³-hybridized carbons (Fsp3) is 0.250. The Labute approximate surface area is 55.8 Å². The van der Waals surface area contributed by atoms with Crippen LogP contribution in [0.15, 0.2) is 15.7 Å². The van der Waals surface area contributed by atoms with Gasteiger partial charge in [0.15, 0.2) is 0 Å². The largest absolute Gasteiger partial charge is 0.383 e. The molecule has 3 nitrogen and oxygen atoms in total. The molecular weight excluding hydrogens is 170 g/mol. The number of nitrogens with one attached hydrogen (secondary N) is 1. The number of halogens is 1. The summed E-state index contributed by atoms with van der Waals surface area (Å²) in [7, 11) is 0. The van der Waals surface area contributed by atoms with Crippen molar-refractivity contribution in [2.24, 2.45) is 10.7 Å². The van der Waals surface area contributed by atoms with Gasteiger partial charge in [-0.1, -0.05) is 0 Å². The van der Waals surface area contributed by atoms with Gasteiger partial charge in [0.25, 0.3) is 0 Å². The molecule has 4 heteroatoms. The molecule has 0 bridgehead atoms. The van der Waals surface area contributed by atoms with Gasteiger partial charge in [0, 0.05) is 6.20 Å². The molecule has 0 atom stereocenters. The molecule has 0 amide bonds. The lowest BCUT2D eigenvalue weighted by atomic mass is 10.5. The van der Waals surface area contributed by atoms with Crippen molar-refractivity contribution >= 4 is 21.8 Å². The lowest BCUT2D eigenvalue weighted by Crippen LogP contribution is -2.22. The molecule has 44 valence electrons. The van der Waals surface area contributed by atoms with Gasteiger partial charge < -0.3 is 11.1 Å². The summed E-state index contributed by atoms with van der Waals surface area (Å²) in [6, 6.07) is 0. The molecule has 1 aliphatic rings. The van der Waals surface area contributed by atoms with Gasteiger partial charge >= 0.3 is 0 Å². The number of nitrogens with zero attached hydrogens (tertiary/aromatic N) is 1. The van der Waals surface area contributed by atoms with E-state index in [1.165, 1.54) is 0 Å². The van der Waals surface area contributed by atoms with Gasteiger partial charge in [-0.2, -0.15) is 0 Å². The predicted octanol–water partition coefficient (Wildman–Crippen LogP) is 0.141.